The van der Waals surface area contributed by atoms with Gasteiger partial charge in [0.25, 0.3) is 0 Å². The first-order chi connectivity index (χ1) is 11.9. The van der Waals surface area contributed by atoms with Crippen molar-refractivity contribution in [2.45, 2.75) is 5.92 Å². The summed E-state index contributed by atoms with van der Waals surface area (Å²) in [6.45, 7) is 0. The van der Waals surface area contributed by atoms with E-state index in [4.69, 9.17) is 0 Å². The Morgan fingerprint density at radius 3 is 1.93 bits per heavy atom. The third-order valence-electron chi connectivity index (χ3n) is 4.33. The van der Waals surface area contributed by atoms with Gasteiger partial charge < -0.3 is 24.8 Å². The van der Waals surface area contributed by atoms with Crippen LogP contribution in [0.3, 0.4) is 0 Å². The quantitative estimate of drug-likeness (QED) is 0.403. The molecule has 1 aromatic heterocycles. The van der Waals surface area contributed by atoms with Crippen LogP contribution in [0.2, 0.25) is 0 Å². The first-order valence-corrected chi connectivity index (χ1v) is 8.20. The average molecular weight is 431 g/mol. The monoisotopic (exact) mass is 430 g/mol. The smallest absolute Gasteiger partial charge is 1.00 e. The summed E-state index contributed by atoms with van der Waals surface area (Å²) in [5, 5.41) is 0. The van der Waals surface area contributed by atoms with E-state index >= 15 is 0 Å². The summed E-state index contributed by atoms with van der Waals surface area (Å²) in [5.41, 5.74) is 6.12. The van der Waals surface area contributed by atoms with Crippen molar-refractivity contribution in [2.24, 2.45) is 0 Å². The van der Waals surface area contributed by atoms with Crippen molar-refractivity contribution in [2.75, 3.05) is 0 Å². The van der Waals surface area contributed by atoms with E-state index < -0.39 is 0 Å². The minimum Gasteiger partial charge on any atom is -1.00 e. The van der Waals surface area contributed by atoms with Gasteiger partial charge in [-0.25, -0.2) is 6.07 Å². The van der Waals surface area contributed by atoms with Gasteiger partial charge >= 0.3 is 17.4 Å². The number of hydrogen-bond acceptors (Lipinski definition) is 1. The second kappa shape index (κ2) is 11.0. The molecular formula is C23H18Cl2CrN. The van der Waals surface area contributed by atoms with Crippen molar-refractivity contribution in [3.05, 3.63) is 120 Å². The number of aromatic nitrogens is 1. The summed E-state index contributed by atoms with van der Waals surface area (Å²) in [6, 6.07) is 33.9. The normalized spacial score (nSPS) is 10.7. The van der Waals surface area contributed by atoms with Gasteiger partial charge in [-0.3, -0.25) is 4.98 Å². The summed E-state index contributed by atoms with van der Waals surface area (Å²) in [6.07, 6.45) is 1.87. The molecule has 0 aliphatic carbocycles. The number of hydrogen-bond donors (Lipinski definition) is 0. The molecule has 0 saturated heterocycles. The Morgan fingerprint density at radius 1 is 0.667 bits per heavy atom. The minimum atomic E-state index is 0. The average Bonchev–Trinajstić information content (AvgIpc) is 3.14. The van der Waals surface area contributed by atoms with Gasteiger partial charge in [0.1, 0.15) is 0 Å². The van der Waals surface area contributed by atoms with Gasteiger partial charge in [0.15, 0.2) is 0 Å². The first kappa shape index (κ1) is 23.1. The molecule has 0 spiro atoms. The summed E-state index contributed by atoms with van der Waals surface area (Å²) >= 11 is 0. The van der Waals surface area contributed by atoms with Crippen molar-refractivity contribution in [1.82, 2.24) is 4.98 Å². The molecule has 1 radical (unpaired) electrons. The third kappa shape index (κ3) is 5.28. The molecule has 3 aromatic carbocycles. The van der Waals surface area contributed by atoms with Crippen LogP contribution in [0, 0.1) is 0 Å². The van der Waals surface area contributed by atoms with Crippen molar-refractivity contribution < 1.29 is 42.2 Å². The molecule has 0 saturated carbocycles. The Kier molecular flexibility index (Phi) is 9.43. The summed E-state index contributed by atoms with van der Waals surface area (Å²) in [4.78, 5) is 4.61. The largest absolute Gasteiger partial charge is 3.00 e. The summed E-state index contributed by atoms with van der Waals surface area (Å²) in [5.74, 6) is 0.157. The van der Waals surface area contributed by atoms with Gasteiger partial charge in [-0.05, 0) is 17.7 Å². The molecule has 0 bridgehead atoms. The zero-order valence-electron chi connectivity index (χ0n) is 14.5. The molecule has 1 nitrogen and oxygen atoms in total. The van der Waals surface area contributed by atoms with E-state index in [-0.39, 0.29) is 48.1 Å². The topological polar surface area (TPSA) is 12.9 Å². The van der Waals surface area contributed by atoms with Gasteiger partial charge in [0.2, 0.25) is 0 Å². The molecule has 0 fully saturated rings. The molecule has 0 N–H and O–H groups in total. The van der Waals surface area contributed by atoms with Crippen LogP contribution in [0.1, 0.15) is 22.7 Å². The molecule has 0 aliphatic rings. The fraction of sp³-hybridized carbons (Fsp3) is 0.0435. The maximum absolute atomic E-state index is 4.61. The van der Waals surface area contributed by atoms with E-state index in [2.05, 4.69) is 89.9 Å². The van der Waals surface area contributed by atoms with Crippen LogP contribution in [0.15, 0.2) is 103 Å². The fourth-order valence-corrected chi connectivity index (χ4v) is 3.18. The Morgan fingerprint density at radius 2 is 1.30 bits per heavy atom. The third-order valence-corrected chi connectivity index (χ3v) is 4.33. The Hall–Kier alpha value is -1.95. The molecule has 135 valence electrons. The van der Waals surface area contributed by atoms with Gasteiger partial charge in [-0.15, -0.1) is 5.56 Å². The second-order valence-corrected chi connectivity index (χ2v) is 5.90. The zero-order valence-corrected chi connectivity index (χ0v) is 17.3. The van der Waals surface area contributed by atoms with Crippen LogP contribution >= 0.6 is 0 Å². The Balaban J connectivity index is 0.00000121. The Labute approximate surface area is 183 Å². The van der Waals surface area contributed by atoms with Crippen molar-refractivity contribution in [3.63, 3.8) is 0 Å². The number of halogens is 2. The van der Waals surface area contributed by atoms with Crippen LogP contribution in [-0.2, 0) is 17.4 Å². The Bertz CT molecular complexity index is 869. The minimum absolute atomic E-state index is 0. The van der Waals surface area contributed by atoms with Crippen molar-refractivity contribution in [3.8, 4) is 11.1 Å². The van der Waals surface area contributed by atoms with Crippen LogP contribution in [0.4, 0.5) is 0 Å². The van der Waals surface area contributed by atoms with Gasteiger partial charge in [0.05, 0.1) is 0 Å². The maximum Gasteiger partial charge on any atom is 3.00 e. The molecule has 1 atom stereocenters. The standard InChI is InChI=1S/C23H18N.2ClH.Cr/c1-3-9-18(10-4-1)20-14-15-21(17-20)23(19-11-5-2-6-12-19)22-13-7-8-16-24-22;;;/h1-17,23H;2*1H;/q-1;;;+3/p-2. The van der Waals surface area contributed by atoms with Crippen LogP contribution in [-0.4, -0.2) is 4.98 Å². The summed E-state index contributed by atoms with van der Waals surface area (Å²) < 4.78 is 0. The molecule has 0 amide bonds. The predicted molar refractivity (Wildman–Crippen MR) is 99.1 cm³/mol. The van der Waals surface area contributed by atoms with Crippen LogP contribution in [0.5, 0.6) is 0 Å². The summed E-state index contributed by atoms with van der Waals surface area (Å²) in [7, 11) is 0. The van der Waals surface area contributed by atoms with Crippen LogP contribution < -0.4 is 24.8 Å². The number of pyridine rings is 1. The zero-order chi connectivity index (χ0) is 16.2. The molecule has 4 heteroatoms. The SMILES string of the molecule is [Cl-].[Cl-].[Cr+3].c1ccc(-c2cc[c-](C(c3ccccc3)c3ccccn3)c2)cc1. The van der Waals surface area contributed by atoms with Crippen molar-refractivity contribution in [1.29, 1.82) is 0 Å². The molecule has 1 heterocycles. The number of rotatable bonds is 4. The molecule has 27 heavy (non-hydrogen) atoms. The second-order valence-electron chi connectivity index (χ2n) is 5.90. The fourth-order valence-electron chi connectivity index (χ4n) is 3.18. The van der Waals surface area contributed by atoms with E-state index in [1.165, 1.54) is 22.3 Å². The van der Waals surface area contributed by atoms with Gasteiger partial charge in [-0.1, -0.05) is 72.3 Å². The molecule has 4 rings (SSSR count). The number of nitrogens with zero attached hydrogens (tertiary/aromatic N) is 1. The van der Waals surface area contributed by atoms with Crippen LogP contribution in [0.25, 0.3) is 11.1 Å². The van der Waals surface area contributed by atoms with E-state index in [9.17, 15) is 0 Å². The predicted octanol–water partition coefficient (Wildman–Crippen LogP) is -0.347. The number of benzene rings is 2. The van der Waals surface area contributed by atoms with E-state index in [0.29, 0.717) is 0 Å². The maximum atomic E-state index is 4.61. The van der Waals surface area contributed by atoms with Crippen molar-refractivity contribution >= 4 is 0 Å². The van der Waals surface area contributed by atoms with E-state index in [0.717, 1.165) is 5.69 Å². The molecule has 1 unspecified atom stereocenters. The first-order valence-electron chi connectivity index (χ1n) is 8.20. The van der Waals surface area contributed by atoms with Gasteiger partial charge in [0, 0.05) is 17.8 Å². The van der Waals surface area contributed by atoms with E-state index in [1.807, 2.05) is 18.3 Å². The molecular weight excluding hydrogens is 413 g/mol. The van der Waals surface area contributed by atoms with Gasteiger partial charge in [-0.2, -0.15) is 17.7 Å². The molecule has 4 aromatic rings. The molecule has 0 aliphatic heterocycles. The van der Waals surface area contributed by atoms with E-state index in [1.54, 1.807) is 0 Å².